The third-order valence-corrected chi connectivity index (χ3v) is 5.98. The minimum Gasteiger partial charge on any atom is -0.396 e. The predicted molar refractivity (Wildman–Crippen MR) is 65.9 cm³/mol. The topological polar surface area (TPSA) is 20.2 Å². The number of fused-ring (bicyclic) bond motifs is 1. The van der Waals surface area contributed by atoms with Gasteiger partial charge in [0.25, 0.3) is 0 Å². The van der Waals surface area contributed by atoms with Crippen molar-refractivity contribution in [3.8, 4) is 0 Å². The fourth-order valence-corrected chi connectivity index (χ4v) is 5.29. The minimum atomic E-state index is 0.300. The molecular weight excluding hydrogens is 196 g/mol. The summed E-state index contributed by atoms with van der Waals surface area (Å²) in [6.45, 7) is 7.47. The van der Waals surface area contributed by atoms with Crippen LogP contribution in [0, 0.1) is 35.0 Å². The highest BCUT2D eigenvalue weighted by Crippen LogP contribution is 2.71. The summed E-state index contributed by atoms with van der Waals surface area (Å²) in [6, 6.07) is 0. The molecule has 0 aromatic carbocycles. The number of rotatable bonds is 2. The quantitative estimate of drug-likeness (QED) is 0.708. The summed E-state index contributed by atoms with van der Waals surface area (Å²) in [5, 5.41) is 9.81. The van der Waals surface area contributed by atoms with Crippen LogP contribution < -0.4 is 0 Å². The van der Waals surface area contributed by atoms with Crippen LogP contribution in [0.4, 0.5) is 0 Å². The van der Waals surface area contributed by atoms with E-state index in [-0.39, 0.29) is 0 Å². The maximum absolute atomic E-state index is 9.81. The van der Waals surface area contributed by atoms with Crippen molar-refractivity contribution < 1.29 is 5.11 Å². The Hall–Kier alpha value is -0.300. The van der Waals surface area contributed by atoms with Gasteiger partial charge in [-0.25, -0.2) is 0 Å². The Balaban J connectivity index is 1.95. The molecule has 0 radical (unpaired) electrons. The first-order valence-corrected chi connectivity index (χ1v) is 6.89. The average Bonchev–Trinajstić information content (AvgIpc) is 2.28. The monoisotopic (exact) mass is 220 g/mol. The summed E-state index contributed by atoms with van der Waals surface area (Å²) < 4.78 is 0. The van der Waals surface area contributed by atoms with E-state index >= 15 is 0 Å². The van der Waals surface area contributed by atoms with Crippen molar-refractivity contribution in [2.75, 3.05) is 6.61 Å². The smallest absolute Gasteiger partial charge is 0.0496 e. The number of allylic oxidation sites excluding steroid dienone is 2. The molecule has 0 aromatic rings. The van der Waals surface area contributed by atoms with Crippen molar-refractivity contribution in [2.24, 2.45) is 35.0 Å². The SMILES string of the molecule is CC1=CCC2C3C(C(C)C)CC[C@@]2(CO)C13. The fourth-order valence-electron chi connectivity index (χ4n) is 5.29. The molecule has 4 aliphatic carbocycles. The maximum atomic E-state index is 9.81. The molecule has 0 heterocycles. The van der Waals surface area contributed by atoms with E-state index in [4.69, 9.17) is 0 Å². The Kier molecular flexibility index (Phi) is 2.27. The lowest BCUT2D eigenvalue weighted by Crippen LogP contribution is -2.66. The van der Waals surface area contributed by atoms with Crippen molar-refractivity contribution in [1.29, 1.82) is 0 Å². The molecule has 4 unspecified atom stereocenters. The van der Waals surface area contributed by atoms with Crippen LogP contribution in [0.5, 0.6) is 0 Å². The second-order valence-electron chi connectivity index (χ2n) is 6.68. The molecule has 1 nitrogen and oxygen atoms in total. The number of aliphatic hydroxyl groups is 1. The van der Waals surface area contributed by atoms with Crippen LogP contribution in [-0.2, 0) is 0 Å². The first-order valence-electron chi connectivity index (χ1n) is 6.89. The van der Waals surface area contributed by atoms with Gasteiger partial charge in [-0.1, -0.05) is 25.5 Å². The molecule has 1 N–H and O–H groups in total. The van der Waals surface area contributed by atoms with Gasteiger partial charge >= 0.3 is 0 Å². The van der Waals surface area contributed by atoms with Crippen LogP contribution in [0.25, 0.3) is 0 Å². The van der Waals surface area contributed by atoms with E-state index in [9.17, 15) is 5.11 Å². The largest absolute Gasteiger partial charge is 0.396 e. The molecule has 2 fully saturated rings. The molecule has 0 amide bonds. The fraction of sp³-hybridized carbons (Fsp3) is 0.867. The van der Waals surface area contributed by atoms with E-state index < -0.39 is 0 Å². The summed E-state index contributed by atoms with van der Waals surface area (Å²) in [5.74, 6) is 4.14. The van der Waals surface area contributed by atoms with Gasteiger partial charge in [-0.3, -0.25) is 0 Å². The molecule has 2 saturated carbocycles. The molecule has 4 rings (SSSR count). The lowest BCUT2D eigenvalue weighted by molar-refractivity contribution is -0.210. The molecule has 4 aliphatic rings. The zero-order valence-electron chi connectivity index (χ0n) is 10.7. The van der Waals surface area contributed by atoms with Gasteiger partial charge in [0, 0.05) is 12.0 Å². The van der Waals surface area contributed by atoms with Gasteiger partial charge in [-0.15, -0.1) is 0 Å². The van der Waals surface area contributed by atoms with Crippen LogP contribution in [0.3, 0.4) is 0 Å². The molecule has 4 bridgehead atoms. The highest BCUT2D eigenvalue weighted by atomic mass is 16.3. The second kappa shape index (κ2) is 3.35. The van der Waals surface area contributed by atoms with Crippen LogP contribution >= 0.6 is 0 Å². The second-order valence-corrected chi connectivity index (χ2v) is 6.68. The summed E-state index contributed by atoms with van der Waals surface area (Å²) >= 11 is 0. The van der Waals surface area contributed by atoms with Gasteiger partial charge < -0.3 is 5.11 Å². The van der Waals surface area contributed by atoms with Crippen LogP contribution in [0.2, 0.25) is 0 Å². The van der Waals surface area contributed by atoms with E-state index in [1.807, 2.05) is 0 Å². The van der Waals surface area contributed by atoms with E-state index in [0.29, 0.717) is 12.0 Å². The Labute approximate surface area is 98.9 Å². The standard InChI is InChI=1S/C15H24O/c1-9(2)11-6-7-15(8-16)12-5-4-10(3)14(15)13(11)12/h4,9,11-14,16H,5-8H2,1-3H3/t11?,12?,13?,14?,15-/m0/s1. The van der Waals surface area contributed by atoms with Gasteiger partial charge in [0.05, 0.1) is 0 Å². The van der Waals surface area contributed by atoms with Crippen molar-refractivity contribution in [3.63, 3.8) is 0 Å². The molecular formula is C15H24O. The van der Waals surface area contributed by atoms with Gasteiger partial charge in [0.15, 0.2) is 0 Å². The summed E-state index contributed by atoms with van der Waals surface area (Å²) in [5.41, 5.74) is 1.88. The Morgan fingerprint density at radius 3 is 2.81 bits per heavy atom. The summed E-state index contributed by atoms with van der Waals surface area (Å²) in [4.78, 5) is 0. The van der Waals surface area contributed by atoms with Crippen molar-refractivity contribution in [1.82, 2.24) is 0 Å². The first kappa shape index (κ1) is 10.8. The Morgan fingerprint density at radius 1 is 1.50 bits per heavy atom. The predicted octanol–water partition coefficient (Wildman–Crippen LogP) is 3.24. The average molecular weight is 220 g/mol. The van der Waals surface area contributed by atoms with Gasteiger partial charge in [-0.05, 0) is 55.8 Å². The zero-order chi connectivity index (χ0) is 11.5. The lowest BCUT2D eigenvalue weighted by Gasteiger charge is -2.70. The lowest BCUT2D eigenvalue weighted by atomic mass is 9.34. The third-order valence-electron chi connectivity index (χ3n) is 5.98. The molecule has 1 heteroatoms. The Bertz CT molecular complexity index is 330. The van der Waals surface area contributed by atoms with Gasteiger partial charge in [0.1, 0.15) is 0 Å². The van der Waals surface area contributed by atoms with E-state index in [0.717, 1.165) is 29.6 Å². The molecule has 5 atom stereocenters. The van der Waals surface area contributed by atoms with Gasteiger partial charge in [0.2, 0.25) is 0 Å². The van der Waals surface area contributed by atoms with Crippen molar-refractivity contribution in [2.45, 2.75) is 40.0 Å². The molecule has 90 valence electrons. The molecule has 16 heavy (non-hydrogen) atoms. The molecule has 0 spiro atoms. The molecule has 0 aromatic heterocycles. The van der Waals surface area contributed by atoms with Crippen LogP contribution in [0.15, 0.2) is 11.6 Å². The normalized spacial score (nSPS) is 49.9. The Morgan fingerprint density at radius 2 is 2.25 bits per heavy atom. The summed E-state index contributed by atoms with van der Waals surface area (Å²) in [7, 11) is 0. The molecule has 0 saturated heterocycles. The van der Waals surface area contributed by atoms with Crippen LogP contribution in [0.1, 0.15) is 40.0 Å². The zero-order valence-corrected chi connectivity index (χ0v) is 10.7. The number of aliphatic hydroxyl groups excluding tert-OH is 1. The maximum Gasteiger partial charge on any atom is 0.0496 e. The highest BCUT2D eigenvalue weighted by molar-refractivity contribution is 5.29. The van der Waals surface area contributed by atoms with Crippen LogP contribution in [-0.4, -0.2) is 11.7 Å². The van der Waals surface area contributed by atoms with E-state index in [1.54, 1.807) is 5.57 Å². The number of hydrogen-bond donors (Lipinski definition) is 1. The van der Waals surface area contributed by atoms with E-state index in [2.05, 4.69) is 26.8 Å². The number of hydrogen-bond acceptors (Lipinski definition) is 1. The highest BCUT2D eigenvalue weighted by Gasteiger charge is 2.67. The van der Waals surface area contributed by atoms with E-state index in [1.165, 1.54) is 19.3 Å². The third kappa shape index (κ3) is 1.06. The molecule has 0 aliphatic heterocycles. The van der Waals surface area contributed by atoms with Crippen molar-refractivity contribution >= 4 is 0 Å². The first-order chi connectivity index (χ1) is 7.62. The van der Waals surface area contributed by atoms with Crippen molar-refractivity contribution in [3.05, 3.63) is 11.6 Å². The summed E-state index contributed by atoms with van der Waals surface area (Å²) in [6.07, 6.45) is 6.28. The minimum absolute atomic E-state index is 0.300. The van der Waals surface area contributed by atoms with Gasteiger partial charge in [-0.2, -0.15) is 0 Å².